The Balaban J connectivity index is 1.45. The summed E-state index contributed by atoms with van der Waals surface area (Å²) in [5.41, 5.74) is 0.293. The smallest absolute Gasteiger partial charge is 0.345 e. The molecule has 0 atom stereocenters. The first kappa shape index (κ1) is 20.8. The van der Waals surface area contributed by atoms with Crippen LogP contribution in [0.5, 0.6) is 0 Å². The lowest BCUT2D eigenvalue weighted by Gasteiger charge is -2.34. The van der Waals surface area contributed by atoms with Gasteiger partial charge < -0.3 is 14.7 Å². The molecule has 162 valence electrons. The molecule has 9 heteroatoms. The van der Waals surface area contributed by atoms with Gasteiger partial charge in [0.1, 0.15) is 5.82 Å². The fraction of sp³-hybridized carbons (Fsp3) is 0.571. The largest absolute Gasteiger partial charge is 0.451 e. The lowest BCUT2D eigenvalue weighted by atomic mass is 10.2. The second kappa shape index (κ2) is 8.75. The van der Waals surface area contributed by atoms with Crippen LogP contribution in [0.3, 0.4) is 0 Å². The molecule has 0 aliphatic carbocycles. The molecule has 4 rings (SSSR count). The molecule has 0 radical (unpaired) electrons. The topological polar surface area (TPSA) is 53.8 Å². The van der Waals surface area contributed by atoms with Crippen molar-refractivity contribution in [2.45, 2.75) is 31.9 Å². The number of amides is 1. The van der Waals surface area contributed by atoms with Gasteiger partial charge in [-0.3, -0.25) is 4.79 Å². The van der Waals surface area contributed by atoms with Crippen LogP contribution in [0.15, 0.2) is 24.3 Å². The highest BCUT2D eigenvalue weighted by molar-refractivity contribution is 5.89. The van der Waals surface area contributed by atoms with Gasteiger partial charge in [0.05, 0.1) is 31.7 Å². The molecule has 1 amide bonds. The monoisotopic (exact) mass is 422 g/mol. The van der Waals surface area contributed by atoms with Crippen LogP contribution in [0.1, 0.15) is 31.5 Å². The maximum Gasteiger partial charge on any atom is 0.451 e. The molecule has 2 fully saturated rings. The lowest BCUT2D eigenvalue weighted by Crippen LogP contribution is -3.16. The third-order valence-corrected chi connectivity index (χ3v) is 5.97. The third-order valence-electron chi connectivity index (χ3n) is 5.97. The van der Waals surface area contributed by atoms with Crippen LogP contribution in [0.25, 0.3) is 10.9 Å². The summed E-state index contributed by atoms with van der Waals surface area (Å²) >= 11 is 0. The highest BCUT2D eigenvalue weighted by atomic mass is 19.4. The number of piperazine rings is 1. The van der Waals surface area contributed by atoms with Crippen molar-refractivity contribution < 1.29 is 22.9 Å². The van der Waals surface area contributed by atoms with E-state index in [2.05, 4.69) is 9.97 Å². The van der Waals surface area contributed by atoms with E-state index in [0.717, 1.165) is 25.9 Å². The number of carbonyl (C=O) groups is 1. The first-order valence-electron chi connectivity index (χ1n) is 10.6. The molecule has 1 aromatic carbocycles. The SMILES string of the molecule is O=C(C[NH+]1CCN(c2nc(C(F)(F)F)nc3ccccc23)CC1)N1CCCCCC1. The van der Waals surface area contributed by atoms with E-state index in [1.165, 1.54) is 17.7 Å². The van der Waals surface area contributed by atoms with Gasteiger partial charge in [0, 0.05) is 18.5 Å². The van der Waals surface area contributed by atoms with Crippen molar-refractivity contribution in [1.82, 2.24) is 14.9 Å². The summed E-state index contributed by atoms with van der Waals surface area (Å²) in [5.74, 6) is -0.597. The van der Waals surface area contributed by atoms with E-state index in [1.807, 2.05) is 9.80 Å². The van der Waals surface area contributed by atoms with Gasteiger partial charge in [0.25, 0.3) is 5.91 Å². The molecule has 2 aliphatic heterocycles. The van der Waals surface area contributed by atoms with Gasteiger partial charge in [0.15, 0.2) is 6.54 Å². The number of nitrogens with zero attached hydrogens (tertiary/aromatic N) is 4. The number of aromatic nitrogens is 2. The van der Waals surface area contributed by atoms with Crippen molar-refractivity contribution in [3.8, 4) is 0 Å². The number of anilines is 1. The fourth-order valence-electron chi connectivity index (χ4n) is 4.28. The van der Waals surface area contributed by atoms with Crippen LogP contribution >= 0.6 is 0 Å². The average molecular weight is 422 g/mol. The van der Waals surface area contributed by atoms with Gasteiger partial charge >= 0.3 is 6.18 Å². The summed E-state index contributed by atoms with van der Waals surface area (Å²) < 4.78 is 39.9. The van der Waals surface area contributed by atoms with Crippen molar-refractivity contribution in [2.75, 3.05) is 50.7 Å². The molecule has 2 aromatic rings. The number of para-hydroxylation sites is 1. The Labute approximate surface area is 173 Å². The van der Waals surface area contributed by atoms with Crippen LogP contribution in [0.4, 0.5) is 19.0 Å². The van der Waals surface area contributed by atoms with E-state index in [0.29, 0.717) is 49.4 Å². The molecule has 2 saturated heterocycles. The minimum Gasteiger partial charge on any atom is -0.345 e. The first-order valence-corrected chi connectivity index (χ1v) is 10.6. The van der Waals surface area contributed by atoms with E-state index in [-0.39, 0.29) is 5.91 Å². The second-order valence-corrected chi connectivity index (χ2v) is 8.09. The van der Waals surface area contributed by atoms with Gasteiger partial charge in [-0.25, -0.2) is 9.97 Å². The van der Waals surface area contributed by atoms with Crippen LogP contribution in [0, 0.1) is 0 Å². The van der Waals surface area contributed by atoms with Crippen molar-refractivity contribution >= 4 is 22.6 Å². The number of halogens is 3. The number of quaternary nitrogens is 1. The Morgan fingerprint density at radius 2 is 1.63 bits per heavy atom. The molecule has 0 spiro atoms. The average Bonchev–Trinajstić information content (AvgIpc) is 3.02. The maximum atomic E-state index is 13.3. The number of benzene rings is 1. The number of rotatable bonds is 3. The molecule has 1 N–H and O–H groups in total. The van der Waals surface area contributed by atoms with Gasteiger partial charge in [-0.15, -0.1) is 0 Å². The van der Waals surface area contributed by atoms with Crippen molar-refractivity contribution in [1.29, 1.82) is 0 Å². The van der Waals surface area contributed by atoms with Gasteiger partial charge in [-0.1, -0.05) is 25.0 Å². The highest BCUT2D eigenvalue weighted by Crippen LogP contribution is 2.31. The van der Waals surface area contributed by atoms with E-state index < -0.39 is 12.0 Å². The molecule has 0 unspecified atom stereocenters. The number of hydrogen-bond donors (Lipinski definition) is 1. The summed E-state index contributed by atoms with van der Waals surface area (Å²) in [6.07, 6.45) is -0.0932. The number of hydrogen-bond acceptors (Lipinski definition) is 4. The molecule has 6 nitrogen and oxygen atoms in total. The Kier molecular flexibility index (Phi) is 6.08. The third kappa shape index (κ3) is 4.66. The normalized spacial score (nSPS) is 19.2. The summed E-state index contributed by atoms with van der Waals surface area (Å²) in [6, 6.07) is 6.80. The molecule has 30 heavy (non-hydrogen) atoms. The maximum absolute atomic E-state index is 13.3. The molecular formula is C21H27F3N5O+. The fourth-order valence-corrected chi connectivity index (χ4v) is 4.28. The number of carbonyl (C=O) groups excluding carboxylic acids is 1. The summed E-state index contributed by atoms with van der Waals surface area (Å²) in [7, 11) is 0. The molecule has 0 bridgehead atoms. The highest BCUT2D eigenvalue weighted by Gasteiger charge is 2.36. The Hall–Kier alpha value is -2.42. The Bertz CT molecular complexity index is 888. The number of likely N-dealkylation sites (tertiary alicyclic amines) is 1. The van der Waals surface area contributed by atoms with E-state index in [9.17, 15) is 18.0 Å². The summed E-state index contributed by atoms with van der Waals surface area (Å²) in [4.78, 5) is 25.3. The van der Waals surface area contributed by atoms with Crippen LogP contribution in [0.2, 0.25) is 0 Å². The number of nitrogens with one attached hydrogen (secondary N) is 1. The van der Waals surface area contributed by atoms with E-state index in [4.69, 9.17) is 0 Å². The van der Waals surface area contributed by atoms with Gasteiger partial charge in [0.2, 0.25) is 5.82 Å². The standard InChI is InChI=1S/C21H26F3N5O/c22-21(23,24)20-25-17-8-4-3-7-16(17)19(26-20)29-13-11-27(12-14-29)15-18(30)28-9-5-1-2-6-10-28/h3-4,7-8H,1-2,5-6,9-15H2/p+1. The predicted octanol–water partition coefficient (Wildman–Crippen LogP) is 1.76. The van der Waals surface area contributed by atoms with Crippen LogP contribution in [-0.4, -0.2) is 66.6 Å². The quantitative estimate of drug-likeness (QED) is 0.819. The Morgan fingerprint density at radius 3 is 2.30 bits per heavy atom. The van der Waals surface area contributed by atoms with Crippen LogP contribution < -0.4 is 9.80 Å². The van der Waals surface area contributed by atoms with Crippen molar-refractivity contribution in [3.63, 3.8) is 0 Å². The second-order valence-electron chi connectivity index (χ2n) is 8.09. The van der Waals surface area contributed by atoms with Crippen molar-refractivity contribution in [3.05, 3.63) is 30.1 Å². The first-order chi connectivity index (χ1) is 14.4. The van der Waals surface area contributed by atoms with E-state index >= 15 is 0 Å². The zero-order valence-corrected chi connectivity index (χ0v) is 16.9. The molecule has 1 aromatic heterocycles. The summed E-state index contributed by atoms with van der Waals surface area (Å²) in [5, 5.41) is 0.620. The number of fused-ring (bicyclic) bond motifs is 1. The zero-order chi connectivity index (χ0) is 21.1. The van der Waals surface area contributed by atoms with Gasteiger partial charge in [-0.05, 0) is 25.0 Å². The minimum absolute atomic E-state index is 0.187. The zero-order valence-electron chi connectivity index (χ0n) is 16.9. The molecule has 2 aliphatic rings. The Morgan fingerprint density at radius 1 is 0.967 bits per heavy atom. The summed E-state index contributed by atoms with van der Waals surface area (Å²) in [6.45, 7) is 4.63. The van der Waals surface area contributed by atoms with Gasteiger partial charge in [-0.2, -0.15) is 13.2 Å². The molecule has 0 saturated carbocycles. The number of alkyl halides is 3. The van der Waals surface area contributed by atoms with E-state index in [1.54, 1.807) is 24.3 Å². The lowest BCUT2D eigenvalue weighted by molar-refractivity contribution is -0.892. The van der Waals surface area contributed by atoms with Crippen LogP contribution in [-0.2, 0) is 11.0 Å². The molecule has 3 heterocycles. The molecular weight excluding hydrogens is 395 g/mol. The van der Waals surface area contributed by atoms with Crippen molar-refractivity contribution in [2.24, 2.45) is 0 Å². The minimum atomic E-state index is -4.59. The predicted molar refractivity (Wildman–Crippen MR) is 107 cm³/mol.